The van der Waals surface area contributed by atoms with Gasteiger partial charge in [-0.15, -0.1) is 0 Å². The molecule has 0 aromatic carbocycles. The van der Waals surface area contributed by atoms with Crippen molar-refractivity contribution in [1.29, 1.82) is 0 Å². The van der Waals surface area contributed by atoms with Gasteiger partial charge in [0.2, 0.25) is 0 Å². The van der Waals surface area contributed by atoms with Gasteiger partial charge in [-0.1, -0.05) is 19.3 Å². The molecule has 1 saturated carbocycles. The van der Waals surface area contributed by atoms with Crippen LogP contribution < -0.4 is 10.2 Å². The third-order valence-corrected chi connectivity index (χ3v) is 4.90. The first kappa shape index (κ1) is 17.8. The van der Waals surface area contributed by atoms with Gasteiger partial charge >= 0.3 is 12.2 Å². The van der Waals surface area contributed by atoms with Gasteiger partial charge in [0, 0.05) is 38.4 Å². The van der Waals surface area contributed by atoms with E-state index in [0.29, 0.717) is 32.0 Å². The van der Waals surface area contributed by atoms with Gasteiger partial charge in [-0.25, -0.2) is 9.78 Å². The quantitative estimate of drug-likeness (QED) is 0.885. The number of pyridine rings is 1. The van der Waals surface area contributed by atoms with E-state index >= 15 is 0 Å². The normalized spacial score (nSPS) is 19.8. The minimum Gasteiger partial charge on any atom is -0.353 e. The predicted octanol–water partition coefficient (Wildman–Crippen LogP) is 3.26. The predicted molar refractivity (Wildman–Crippen MR) is 88.4 cm³/mol. The van der Waals surface area contributed by atoms with Gasteiger partial charge in [0.15, 0.2) is 0 Å². The molecule has 2 fully saturated rings. The number of aromatic nitrogens is 1. The van der Waals surface area contributed by atoms with Crippen LogP contribution in [0.5, 0.6) is 0 Å². The van der Waals surface area contributed by atoms with E-state index < -0.39 is 11.7 Å². The van der Waals surface area contributed by atoms with Crippen molar-refractivity contribution in [2.45, 2.75) is 44.3 Å². The number of carbonyl (C=O) groups excluding carboxylic acids is 1. The van der Waals surface area contributed by atoms with Crippen molar-refractivity contribution in [3.8, 4) is 0 Å². The number of urea groups is 1. The molecule has 1 saturated heterocycles. The molecule has 1 aliphatic carbocycles. The summed E-state index contributed by atoms with van der Waals surface area (Å²) in [5, 5.41) is 3.10. The number of hydrogen-bond acceptors (Lipinski definition) is 3. The fourth-order valence-electron chi connectivity index (χ4n) is 3.39. The Balaban J connectivity index is 1.50. The zero-order valence-corrected chi connectivity index (χ0v) is 14.1. The highest BCUT2D eigenvalue weighted by atomic mass is 19.4. The lowest BCUT2D eigenvalue weighted by molar-refractivity contribution is -0.137. The summed E-state index contributed by atoms with van der Waals surface area (Å²) in [6.07, 6.45) is 2.14. The number of halogens is 3. The van der Waals surface area contributed by atoms with Crippen LogP contribution in [0.15, 0.2) is 18.3 Å². The van der Waals surface area contributed by atoms with Crippen LogP contribution in [0.4, 0.5) is 23.8 Å². The van der Waals surface area contributed by atoms with Crippen LogP contribution in [0.2, 0.25) is 0 Å². The van der Waals surface area contributed by atoms with E-state index in [1.807, 2.05) is 4.90 Å². The molecule has 0 radical (unpaired) electrons. The molecule has 0 spiro atoms. The van der Waals surface area contributed by atoms with Crippen molar-refractivity contribution in [1.82, 2.24) is 15.2 Å². The maximum atomic E-state index is 12.6. The molecule has 3 rings (SSSR count). The summed E-state index contributed by atoms with van der Waals surface area (Å²) in [6.45, 7) is 2.22. The smallest absolute Gasteiger partial charge is 0.353 e. The summed E-state index contributed by atoms with van der Waals surface area (Å²) < 4.78 is 37.8. The zero-order chi connectivity index (χ0) is 17.9. The minimum atomic E-state index is -4.37. The molecule has 1 aromatic heterocycles. The van der Waals surface area contributed by atoms with Gasteiger partial charge in [0.05, 0.1) is 5.56 Å². The largest absolute Gasteiger partial charge is 0.417 e. The zero-order valence-electron chi connectivity index (χ0n) is 14.1. The SMILES string of the molecule is O=C(NC1CCCCC1)N1CCN(c2ccc(C(F)(F)F)cn2)CC1. The Morgan fingerprint density at radius 1 is 1.08 bits per heavy atom. The van der Waals surface area contributed by atoms with Crippen molar-refractivity contribution >= 4 is 11.8 Å². The maximum absolute atomic E-state index is 12.6. The first-order valence-electron chi connectivity index (χ1n) is 8.77. The van der Waals surface area contributed by atoms with Crippen molar-refractivity contribution in [2.75, 3.05) is 31.1 Å². The van der Waals surface area contributed by atoms with E-state index in [9.17, 15) is 18.0 Å². The highest BCUT2D eigenvalue weighted by Gasteiger charge is 2.31. The van der Waals surface area contributed by atoms with Crippen LogP contribution in [0.25, 0.3) is 0 Å². The van der Waals surface area contributed by atoms with E-state index in [1.54, 1.807) is 4.90 Å². The van der Waals surface area contributed by atoms with Gasteiger partial charge < -0.3 is 15.1 Å². The standard InChI is InChI=1S/C17H23F3N4O/c18-17(19,20)13-6-7-15(21-12-13)23-8-10-24(11-9-23)16(25)22-14-4-2-1-3-5-14/h6-7,12,14H,1-5,8-11H2,(H,22,25). The van der Waals surface area contributed by atoms with Crippen molar-refractivity contribution in [3.05, 3.63) is 23.9 Å². The lowest BCUT2D eigenvalue weighted by Crippen LogP contribution is -2.53. The van der Waals surface area contributed by atoms with Crippen LogP contribution in [-0.2, 0) is 6.18 Å². The Kier molecular flexibility index (Phi) is 5.34. The molecule has 2 aliphatic rings. The third kappa shape index (κ3) is 4.55. The average molecular weight is 356 g/mol. The summed E-state index contributed by atoms with van der Waals surface area (Å²) in [5.41, 5.74) is -0.748. The molecule has 2 heterocycles. The summed E-state index contributed by atoms with van der Waals surface area (Å²) in [6, 6.07) is 2.67. The first-order chi connectivity index (χ1) is 11.9. The average Bonchev–Trinajstić information content (AvgIpc) is 2.62. The van der Waals surface area contributed by atoms with Crippen LogP contribution in [0.3, 0.4) is 0 Å². The van der Waals surface area contributed by atoms with Crippen LogP contribution in [0.1, 0.15) is 37.7 Å². The summed E-state index contributed by atoms with van der Waals surface area (Å²) in [4.78, 5) is 19.9. The van der Waals surface area contributed by atoms with E-state index in [2.05, 4.69) is 10.3 Å². The van der Waals surface area contributed by atoms with Crippen molar-refractivity contribution < 1.29 is 18.0 Å². The van der Waals surface area contributed by atoms with Crippen molar-refractivity contribution in [3.63, 3.8) is 0 Å². The molecule has 1 N–H and O–H groups in total. The van der Waals surface area contributed by atoms with Crippen LogP contribution in [-0.4, -0.2) is 48.1 Å². The maximum Gasteiger partial charge on any atom is 0.417 e. The second-order valence-electron chi connectivity index (χ2n) is 6.66. The Hall–Kier alpha value is -1.99. The van der Waals surface area contributed by atoms with Gasteiger partial charge in [-0.2, -0.15) is 13.2 Å². The molecule has 0 bridgehead atoms. The third-order valence-electron chi connectivity index (χ3n) is 4.90. The van der Waals surface area contributed by atoms with Crippen molar-refractivity contribution in [2.24, 2.45) is 0 Å². The van der Waals surface area contributed by atoms with E-state index in [0.717, 1.165) is 37.9 Å². The number of rotatable bonds is 2. The summed E-state index contributed by atoms with van der Waals surface area (Å²) >= 11 is 0. The topological polar surface area (TPSA) is 48.5 Å². The fourth-order valence-corrected chi connectivity index (χ4v) is 3.39. The second-order valence-corrected chi connectivity index (χ2v) is 6.66. The Morgan fingerprint density at radius 2 is 1.76 bits per heavy atom. The number of anilines is 1. The fraction of sp³-hybridized carbons (Fsp3) is 0.647. The molecule has 5 nitrogen and oxygen atoms in total. The number of nitrogens with one attached hydrogen (secondary N) is 1. The van der Waals surface area contributed by atoms with Gasteiger partial charge in [-0.3, -0.25) is 0 Å². The molecule has 1 aromatic rings. The number of nitrogens with zero attached hydrogens (tertiary/aromatic N) is 3. The van der Waals surface area contributed by atoms with E-state index in [1.165, 1.54) is 12.5 Å². The Labute approximate surface area is 145 Å². The molecule has 138 valence electrons. The molecule has 8 heteroatoms. The Morgan fingerprint density at radius 3 is 2.32 bits per heavy atom. The molecular weight excluding hydrogens is 333 g/mol. The number of hydrogen-bond donors (Lipinski definition) is 1. The monoisotopic (exact) mass is 356 g/mol. The van der Waals surface area contributed by atoms with Crippen LogP contribution >= 0.6 is 0 Å². The Bertz CT molecular complexity index is 577. The second kappa shape index (κ2) is 7.49. The molecular formula is C17H23F3N4O. The number of amides is 2. The molecule has 1 aliphatic heterocycles. The first-order valence-corrected chi connectivity index (χ1v) is 8.77. The lowest BCUT2D eigenvalue weighted by atomic mass is 9.96. The number of carbonyl (C=O) groups is 1. The number of alkyl halides is 3. The van der Waals surface area contributed by atoms with Gasteiger partial charge in [0.25, 0.3) is 0 Å². The molecule has 25 heavy (non-hydrogen) atoms. The van der Waals surface area contributed by atoms with Crippen LogP contribution in [0, 0.1) is 0 Å². The highest BCUT2D eigenvalue weighted by molar-refractivity contribution is 5.74. The lowest BCUT2D eigenvalue weighted by Gasteiger charge is -2.36. The van der Waals surface area contributed by atoms with Gasteiger partial charge in [0.1, 0.15) is 5.82 Å². The van der Waals surface area contributed by atoms with E-state index in [4.69, 9.17) is 0 Å². The number of piperazine rings is 1. The summed E-state index contributed by atoms with van der Waals surface area (Å²) in [5.74, 6) is 0.514. The summed E-state index contributed by atoms with van der Waals surface area (Å²) in [7, 11) is 0. The minimum absolute atomic E-state index is 0.0353. The van der Waals surface area contributed by atoms with E-state index in [-0.39, 0.29) is 12.1 Å². The highest BCUT2D eigenvalue weighted by Crippen LogP contribution is 2.29. The molecule has 2 amide bonds. The van der Waals surface area contributed by atoms with Gasteiger partial charge in [-0.05, 0) is 25.0 Å². The molecule has 0 atom stereocenters. The molecule has 0 unspecified atom stereocenters.